The van der Waals surface area contributed by atoms with Gasteiger partial charge in [-0.15, -0.1) is 0 Å². The van der Waals surface area contributed by atoms with Gasteiger partial charge in [0, 0.05) is 43.6 Å². The summed E-state index contributed by atoms with van der Waals surface area (Å²) in [5.74, 6) is 2.48. The monoisotopic (exact) mass is 535 g/mol. The van der Waals surface area contributed by atoms with Gasteiger partial charge in [0.15, 0.2) is 0 Å². The van der Waals surface area contributed by atoms with E-state index in [2.05, 4.69) is 51.2 Å². The molecule has 1 amide bonds. The molecule has 0 aliphatic carbocycles. The summed E-state index contributed by atoms with van der Waals surface area (Å²) in [5.41, 5.74) is 3.25. The highest BCUT2D eigenvalue weighted by molar-refractivity contribution is 5.78. The maximum atomic E-state index is 13.2. The first-order valence-electron chi connectivity index (χ1n) is 15.5. The minimum absolute atomic E-state index is 0.119. The Bertz CT molecular complexity index is 1010. The number of carbonyl (C=O) groups is 1. The predicted molar refractivity (Wildman–Crippen MR) is 156 cm³/mol. The molecule has 0 bridgehead atoms. The van der Waals surface area contributed by atoms with Crippen molar-refractivity contribution in [1.82, 2.24) is 25.0 Å². The highest BCUT2D eigenvalue weighted by atomic mass is 16.4. The van der Waals surface area contributed by atoms with Crippen molar-refractivity contribution in [3.8, 4) is 11.5 Å². The van der Waals surface area contributed by atoms with Crippen molar-refractivity contribution in [2.24, 2.45) is 11.8 Å². The highest BCUT2D eigenvalue weighted by Gasteiger charge is 2.27. The van der Waals surface area contributed by atoms with Crippen LogP contribution in [0.15, 0.2) is 28.7 Å². The van der Waals surface area contributed by atoms with Crippen molar-refractivity contribution < 1.29 is 9.21 Å². The molecule has 0 radical (unpaired) electrons. The summed E-state index contributed by atoms with van der Waals surface area (Å²) >= 11 is 0. The minimum atomic E-state index is 0.119. The first kappa shape index (κ1) is 28.3. The molecular formula is C32H49N5O2. The molecule has 2 aromatic rings. The molecule has 5 rings (SSSR count). The van der Waals surface area contributed by atoms with E-state index < -0.39 is 0 Å². The van der Waals surface area contributed by atoms with Crippen LogP contribution in [0.5, 0.6) is 0 Å². The number of aromatic nitrogens is 1. The van der Waals surface area contributed by atoms with Gasteiger partial charge in [0.25, 0.3) is 0 Å². The van der Waals surface area contributed by atoms with Crippen molar-refractivity contribution >= 4 is 5.91 Å². The van der Waals surface area contributed by atoms with Crippen LogP contribution in [-0.2, 0) is 11.3 Å². The number of piperidine rings is 3. The molecule has 0 saturated carbocycles. The highest BCUT2D eigenvalue weighted by Crippen LogP contribution is 2.25. The summed E-state index contributed by atoms with van der Waals surface area (Å²) in [6.07, 6.45) is 9.85. The number of nitrogens with one attached hydrogen (secondary N) is 1. The quantitative estimate of drug-likeness (QED) is 0.468. The van der Waals surface area contributed by atoms with E-state index in [1.54, 1.807) is 0 Å². The molecule has 3 aliphatic rings. The Labute approximate surface area is 235 Å². The first-order chi connectivity index (χ1) is 19.0. The first-order valence-corrected chi connectivity index (χ1v) is 15.5. The molecule has 3 fully saturated rings. The molecule has 1 aromatic carbocycles. The van der Waals surface area contributed by atoms with Crippen LogP contribution in [0.2, 0.25) is 0 Å². The summed E-state index contributed by atoms with van der Waals surface area (Å²) in [6.45, 7) is 14.7. The number of likely N-dealkylation sites (tertiary alicyclic amines) is 3. The molecule has 4 heterocycles. The van der Waals surface area contributed by atoms with Crippen molar-refractivity contribution in [1.29, 1.82) is 0 Å². The average Bonchev–Trinajstić information content (AvgIpc) is 3.33. The van der Waals surface area contributed by atoms with E-state index >= 15 is 0 Å². The molecule has 3 aliphatic heterocycles. The Hall–Kier alpha value is -2.22. The standard InChI is InChI=1S/C32H49N5O2/c1-25-9-11-29(12-10-25)32-34-30(26(2)39-32)24-37-19-13-28(14-20-37)31(38)33-21-27(22-35-15-5-3-6-16-35)23-36-17-7-4-8-18-36/h9-12,27-28H,3-8,13-24H2,1-2H3,(H,33,38). The molecular weight excluding hydrogens is 486 g/mol. The Morgan fingerprint density at radius 3 is 2.05 bits per heavy atom. The third-order valence-electron chi connectivity index (χ3n) is 9.02. The number of aryl methyl sites for hydroxylation is 2. The van der Waals surface area contributed by atoms with E-state index in [-0.39, 0.29) is 11.8 Å². The molecule has 0 spiro atoms. The summed E-state index contributed by atoms with van der Waals surface area (Å²) < 4.78 is 6.00. The third kappa shape index (κ3) is 8.15. The lowest BCUT2D eigenvalue weighted by atomic mass is 9.95. The normalized spacial score (nSPS) is 20.5. The van der Waals surface area contributed by atoms with E-state index in [0.29, 0.717) is 11.8 Å². The van der Waals surface area contributed by atoms with Crippen molar-refractivity contribution in [2.75, 3.05) is 58.9 Å². The summed E-state index contributed by atoms with van der Waals surface area (Å²) in [7, 11) is 0. The van der Waals surface area contributed by atoms with Crippen molar-refractivity contribution in [2.45, 2.75) is 71.8 Å². The Balaban J connectivity index is 1.09. The fourth-order valence-corrected chi connectivity index (χ4v) is 6.55. The van der Waals surface area contributed by atoms with E-state index in [0.717, 1.165) is 69.1 Å². The smallest absolute Gasteiger partial charge is 0.226 e. The lowest BCUT2D eigenvalue weighted by Crippen LogP contribution is -2.47. The van der Waals surface area contributed by atoms with Crippen LogP contribution in [-0.4, -0.2) is 84.5 Å². The molecule has 7 heteroatoms. The van der Waals surface area contributed by atoms with E-state index in [9.17, 15) is 4.79 Å². The van der Waals surface area contributed by atoms with Crippen LogP contribution in [0.3, 0.4) is 0 Å². The Morgan fingerprint density at radius 1 is 0.872 bits per heavy atom. The van der Waals surface area contributed by atoms with E-state index in [4.69, 9.17) is 9.40 Å². The van der Waals surface area contributed by atoms with Gasteiger partial charge in [-0.1, -0.05) is 30.5 Å². The Morgan fingerprint density at radius 2 is 1.46 bits per heavy atom. The fourth-order valence-electron chi connectivity index (χ4n) is 6.55. The van der Waals surface area contributed by atoms with Gasteiger partial charge in [-0.25, -0.2) is 4.98 Å². The third-order valence-corrected chi connectivity index (χ3v) is 9.02. The summed E-state index contributed by atoms with van der Waals surface area (Å²) in [6, 6.07) is 8.32. The van der Waals surface area contributed by atoms with Crippen molar-refractivity contribution in [3.63, 3.8) is 0 Å². The second-order valence-corrected chi connectivity index (χ2v) is 12.3. The van der Waals surface area contributed by atoms with Gasteiger partial charge in [-0.05, 0) is 104 Å². The van der Waals surface area contributed by atoms with Gasteiger partial charge in [0.2, 0.25) is 11.8 Å². The topological polar surface area (TPSA) is 64.9 Å². The number of oxazole rings is 1. The summed E-state index contributed by atoms with van der Waals surface area (Å²) in [4.78, 5) is 25.7. The number of rotatable bonds is 10. The number of hydrogen-bond donors (Lipinski definition) is 1. The average molecular weight is 536 g/mol. The van der Waals surface area contributed by atoms with E-state index in [1.165, 1.54) is 70.3 Å². The van der Waals surface area contributed by atoms with Gasteiger partial charge in [-0.2, -0.15) is 0 Å². The Kier molecular flexibility index (Phi) is 10.1. The zero-order valence-electron chi connectivity index (χ0n) is 24.3. The SMILES string of the molecule is Cc1ccc(-c2nc(CN3CCC(C(=O)NCC(CN4CCCCC4)CN4CCCCC4)CC3)c(C)o2)cc1. The molecule has 39 heavy (non-hydrogen) atoms. The maximum Gasteiger partial charge on any atom is 0.226 e. The number of nitrogens with zero attached hydrogens (tertiary/aromatic N) is 4. The minimum Gasteiger partial charge on any atom is -0.441 e. The zero-order valence-corrected chi connectivity index (χ0v) is 24.3. The second kappa shape index (κ2) is 13.9. The zero-order chi connectivity index (χ0) is 27.0. The lowest BCUT2D eigenvalue weighted by Gasteiger charge is -2.35. The van der Waals surface area contributed by atoms with Gasteiger partial charge in [0.1, 0.15) is 5.76 Å². The summed E-state index contributed by atoms with van der Waals surface area (Å²) in [5, 5.41) is 3.39. The van der Waals surface area contributed by atoms with Gasteiger partial charge < -0.3 is 19.5 Å². The number of hydrogen-bond acceptors (Lipinski definition) is 6. The molecule has 214 valence electrons. The van der Waals surface area contributed by atoms with Gasteiger partial charge in [0.05, 0.1) is 5.69 Å². The maximum absolute atomic E-state index is 13.2. The molecule has 7 nitrogen and oxygen atoms in total. The molecule has 0 unspecified atom stereocenters. The number of amides is 1. The van der Waals surface area contributed by atoms with Crippen molar-refractivity contribution in [3.05, 3.63) is 41.3 Å². The molecule has 1 N–H and O–H groups in total. The van der Waals surface area contributed by atoms with Crippen LogP contribution >= 0.6 is 0 Å². The lowest BCUT2D eigenvalue weighted by molar-refractivity contribution is -0.126. The molecule has 1 aromatic heterocycles. The number of carbonyl (C=O) groups excluding carboxylic acids is 1. The van der Waals surface area contributed by atoms with Gasteiger partial charge >= 0.3 is 0 Å². The van der Waals surface area contributed by atoms with Crippen LogP contribution in [0.25, 0.3) is 11.5 Å². The second-order valence-electron chi connectivity index (χ2n) is 12.3. The van der Waals surface area contributed by atoms with Crippen LogP contribution < -0.4 is 5.32 Å². The van der Waals surface area contributed by atoms with Crippen LogP contribution in [0, 0.1) is 25.7 Å². The predicted octanol–water partition coefficient (Wildman–Crippen LogP) is 4.87. The van der Waals surface area contributed by atoms with Gasteiger partial charge in [-0.3, -0.25) is 9.69 Å². The molecule has 3 saturated heterocycles. The molecule has 0 atom stereocenters. The van der Waals surface area contributed by atoms with Crippen LogP contribution in [0.1, 0.15) is 68.4 Å². The number of benzene rings is 1. The van der Waals surface area contributed by atoms with E-state index in [1.807, 2.05) is 6.92 Å². The van der Waals surface area contributed by atoms with Crippen LogP contribution in [0.4, 0.5) is 0 Å². The fraction of sp³-hybridized carbons (Fsp3) is 0.688. The largest absolute Gasteiger partial charge is 0.441 e.